The Morgan fingerprint density at radius 2 is 1.64 bits per heavy atom. The molecule has 0 radical (unpaired) electrons. The molecule has 0 saturated carbocycles. The molecule has 1 aliphatic heterocycles. The van der Waals surface area contributed by atoms with Crippen LogP contribution in [0.3, 0.4) is 0 Å². The van der Waals surface area contributed by atoms with Crippen molar-refractivity contribution < 1.29 is 22.4 Å². The van der Waals surface area contributed by atoms with E-state index in [4.69, 9.17) is 4.42 Å². The van der Waals surface area contributed by atoms with E-state index in [9.17, 15) is 18.0 Å². The highest BCUT2D eigenvalue weighted by atomic mass is 32.2. The SMILES string of the molecule is CC(=O)c1ccc(S(=O)(=O)N2CCN(C(=O)CSc3nnc(-c4ccccc4)o3)CC2)cc1. The second-order valence-corrected chi connectivity index (χ2v) is 10.3. The van der Waals surface area contributed by atoms with Crippen molar-refractivity contribution in [2.75, 3.05) is 31.9 Å². The van der Waals surface area contributed by atoms with Crippen molar-refractivity contribution in [2.24, 2.45) is 0 Å². The van der Waals surface area contributed by atoms with Gasteiger partial charge in [0.1, 0.15) is 0 Å². The van der Waals surface area contributed by atoms with E-state index < -0.39 is 10.0 Å². The van der Waals surface area contributed by atoms with Crippen LogP contribution in [0.15, 0.2) is 69.1 Å². The Hall–Kier alpha value is -3.02. The van der Waals surface area contributed by atoms with Gasteiger partial charge in [-0.3, -0.25) is 9.59 Å². The summed E-state index contributed by atoms with van der Waals surface area (Å²) in [7, 11) is -3.69. The molecule has 1 aromatic heterocycles. The molecule has 9 nitrogen and oxygen atoms in total. The number of amides is 1. The molecule has 0 atom stereocenters. The molecular formula is C22H22N4O5S2. The average Bonchev–Trinajstić information content (AvgIpc) is 3.32. The van der Waals surface area contributed by atoms with Crippen molar-refractivity contribution in [3.05, 3.63) is 60.2 Å². The van der Waals surface area contributed by atoms with Crippen molar-refractivity contribution in [3.63, 3.8) is 0 Å². The van der Waals surface area contributed by atoms with E-state index in [2.05, 4.69) is 10.2 Å². The maximum atomic E-state index is 12.9. The lowest BCUT2D eigenvalue weighted by Crippen LogP contribution is -2.50. The topological polar surface area (TPSA) is 114 Å². The Morgan fingerprint density at radius 3 is 2.27 bits per heavy atom. The first-order valence-electron chi connectivity index (χ1n) is 10.3. The highest BCUT2D eigenvalue weighted by molar-refractivity contribution is 7.99. The summed E-state index contributed by atoms with van der Waals surface area (Å²) in [6, 6.07) is 15.2. The van der Waals surface area contributed by atoms with E-state index in [1.165, 1.54) is 35.5 Å². The molecule has 33 heavy (non-hydrogen) atoms. The largest absolute Gasteiger partial charge is 0.411 e. The van der Waals surface area contributed by atoms with Crippen LogP contribution in [0.2, 0.25) is 0 Å². The number of rotatable bonds is 7. The maximum Gasteiger partial charge on any atom is 0.277 e. The minimum Gasteiger partial charge on any atom is -0.411 e. The third kappa shape index (κ3) is 5.32. The van der Waals surface area contributed by atoms with Gasteiger partial charge in [0.05, 0.1) is 10.6 Å². The fraction of sp³-hybridized carbons (Fsp3) is 0.273. The molecule has 3 aromatic rings. The molecule has 0 unspecified atom stereocenters. The Balaban J connectivity index is 1.30. The monoisotopic (exact) mass is 486 g/mol. The van der Waals surface area contributed by atoms with Crippen LogP contribution in [0.1, 0.15) is 17.3 Å². The molecule has 172 valence electrons. The van der Waals surface area contributed by atoms with Crippen molar-refractivity contribution in [1.29, 1.82) is 0 Å². The lowest BCUT2D eigenvalue weighted by Gasteiger charge is -2.34. The highest BCUT2D eigenvalue weighted by Gasteiger charge is 2.30. The molecule has 0 bridgehead atoms. The van der Waals surface area contributed by atoms with E-state index in [-0.39, 0.29) is 35.4 Å². The number of carbonyl (C=O) groups excluding carboxylic acids is 2. The molecule has 1 fully saturated rings. The van der Waals surface area contributed by atoms with Gasteiger partial charge in [-0.1, -0.05) is 42.1 Å². The van der Waals surface area contributed by atoms with E-state index in [1.807, 2.05) is 30.3 Å². The van der Waals surface area contributed by atoms with Gasteiger partial charge in [-0.25, -0.2) is 8.42 Å². The Bertz CT molecular complexity index is 1240. The summed E-state index contributed by atoms with van der Waals surface area (Å²) in [4.78, 5) is 25.8. The molecule has 2 heterocycles. The highest BCUT2D eigenvalue weighted by Crippen LogP contribution is 2.24. The lowest BCUT2D eigenvalue weighted by molar-refractivity contribution is -0.129. The summed E-state index contributed by atoms with van der Waals surface area (Å²) in [5.41, 5.74) is 1.26. The second-order valence-electron chi connectivity index (χ2n) is 7.39. The Morgan fingerprint density at radius 1 is 0.970 bits per heavy atom. The van der Waals surface area contributed by atoms with E-state index >= 15 is 0 Å². The number of piperazine rings is 1. The minimum atomic E-state index is -3.69. The summed E-state index contributed by atoms with van der Waals surface area (Å²) < 4.78 is 32.7. The number of benzene rings is 2. The summed E-state index contributed by atoms with van der Waals surface area (Å²) >= 11 is 1.15. The zero-order valence-corrected chi connectivity index (χ0v) is 19.5. The number of aromatic nitrogens is 2. The van der Waals surface area contributed by atoms with Crippen LogP contribution in [0.25, 0.3) is 11.5 Å². The Kier molecular flexibility index (Phi) is 6.91. The van der Waals surface area contributed by atoms with Gasteiger partial charge in [-0.15, -0.1) is 10.2 Å². The minimum absolute atomic E-state index is 0.121. The van der Waals surface area contributed by atoms with Gasteiger partial charge in [-0.05, 0) is 31.2 Å². The first-order chi connectivity index (χ1) is 15.8. The fourth-order valence-electron chi connectivity index (χ4n) is 3.37. The summed E-state index contributed by atoms with van der Waals surface area (Å²) in [5, 5.41) is 8.28. The van der Waals surface area contributed by atoms with Crippen molar-refractivity contribution in [2.45, 2.75) is 17.0 Å². The van der Waals surface area contributed by atoms with E-state index in [0.29, 0.717) is 29.8 Å². The number of carbonyl (C=O) groups is 2. The van der Waals surface area contributed by atoms with Crippen LogP contribution in [-0.2, 0) is 14.8 Å². The molecule has 0 aliphatic carbocycles. The molecule has 0 N–H and O–H groups in total. The van der Waals surface area contributed by atoms with Gasteiger partial charge < -0.3 is 9.32 Å². The number of nitrogens with zero attached hydrogens (tertiary/aromatic N) is 4. The third-order valence-electron chi connectivity index (χ3n) is 5.24. The summed E-state index contributed by atoms with van der Waals surface area (Å²) in [5.74, 6) is 0.263. The van der Waals surface area contributed by atoms with Crippen molar-refractivity contribution in [3.8, 4) is 11.5 Å². The quantitative estimate of drug-likeness (QED) is 0.370. The molecule has 4 rings (SSSR count). The van der Waals surface area contributed by atoms with Gasteiger partial charge in [0.25, 0.3) is 5.22 Å². The number of sulfonamides is 1. The van der Waals surface area contributed by atoms with Gasteiger partial charge in [-0.2, -0.15) is 4.31 Å². The number of hydrogen-bond donors (Lipinski definition) is 0. The van der Waals surface area contributed by atoms with Gasteiger partial charge in [0, 0.05) is 37.3 Å². The van der Waals surface area contributed by atoms with E-state index in [1.54, 1.807) is 4.90 Å². The number of ketones is 1. The van der Waals surface area contributed by atoms with Crippen LogP contribution >= 0.6 is 11.8 Å². The van der Waals surface area contributed by atoms with Crippen LogP contribution < -0.4 is 0 Å². The van der Waals surface area contributed by atoms with Gasteiger partial charge in [0.2, 0.25) is 21.8 Å². The molecule has 1 saturated heterocycles. The molecule has 1 amide bonds. The first-order valence-corrected chi connectivity index (χ1v) is 12.7. The lowest BCUT2D eigenvalue weighted by atomic mass is 10.2. The standard InChI is InChI=1S/C22H22N4O5S2/c1-16(27)17-7-9-19(10-8-17)33(29,30)26-13-11-25(12-14-26)20(28)15-32-22-24-23-21(31-22)18-5-3-2-4-6-18/h2-10H,11-15H2,1H3. The summed E-state index contributed by atoms with van der Waals surface area (Å²) in [6.07, 6.45) is 0. The molecule has 11 heteroatoms. The summed E-state index contributed by atoms with van der Waals surface area (Å²) in [6.45, 7) is 2.42. The average molecular weight is 487 g/mol. The molecule has 2 aromatic carbocycles. The first kappa shape index (κ1) is 23.1. The normalized spacial score (nSPS) is 14.9. The smallest absolute Gasteiger partial charge is 0.277 e. The predicted octanol–water partition coefficient (Wildman–Crippen LogP) is 2.56. The Labute approximate surface area is 195 Å². The molecular weight excluding hydrogens is 464 g/mol. The maximum absolute atomic E-state index is 12.9. The number of thioether (sulfide) groups is 1. The van der Waals surface area contributed by atoms with Gasteiger partial charge in [0.15, 0.2) is 5.78 Å². The van der Waals surface area contributed by atoms with Crippen LogP contribution in [0.5, 0.6) is 0 Å². The number of hydrogen-bond acceptors (Lipinski definition) is 8. The predicted molar refractivity (Wildman–Crippen MR) is 122 cm³/mol. The van der Waals surface area contributed by atoms with Crippen LogP contribution in [0, 0.1) is 0 Å². The zero-order chi connectivity index (χ0) is 23.4. The second kappa shape index (κ2) is 9.86. The van der Waals surface area contributed by atoms with Crippen LogP contribution in [0.4, 0.5) is 0 Å². The van der Waals surface area contributed by atoms with Crippen molar-refractivity contribution >= 4 is 33.5 Å². The van der Waals surface area contributed by atoms with Crippen molar-refractivity contribution in [1.82, 2.24) is 19.4 Å². The number of Topliss-reactive ketones (excluding diaryl/α,β-unsaturated/α-hetero) is 1. The molecule has 1 aliphatic rings. The fourth-order valence-corrected chi connectivity index (χ4v) is 5.46. The van der Waals surface area contributed by atoms with E-state index in [0.717, 1.165) is 17.3 Å². The third-order valence-corrected chi connectivity index (χ3v) is 7.95. The molecule has 0 spiro atoms. The van der Waals surface area contributed by atoms with Gasteiger partial charge >= 0.3 is 0 Å². The van der Waals surface area contributed by atoms with Crippen LogP contribution in [-0.4, -0.2) is 71.4 Å². The zero-order valence-electron chi connectivity index (χ0n) is 17.9.